The second kappa shape index (κ2) is 18.7. The van der Waals surface area contributed by atoms with Gasteiger partial charge in [0.2, 0.25) is 10.0 Å². The highest BCUT2D eigenvalue weighted by Gasteiger charge is 2.62. The minimum atomic E-state index is -4.42. The molecule has 3 amide bonds. The van der Waals surface area contributed by atoms with Gasteiger partial charge in [0.25, 0.3) is 16.0 Å². The standard InChI is InChI=1S/C38H49N4O9S2/c1-29(2)35(40)37(44)42(38(45)50-26-30-15-6-3-7-16-30)23-14-22-34(42)36(43)41(52(46,47)28-32-19-10-5-11-20-32)25-33(39)21-12-13-24-53(48,49)51-27-31-17-8-4-9-18-31/h3-11,13,15-20,24,29,33-35H,12,14,21-23,25-28,39-40H2,1-2H3/q+1/t33?,34-,35-,42?/m0/s1. The van der Waals surface area contributed by atoms with Crippen molar-refractivity contribution in [1.82, 2.24) is 4.31 Å². The SMILES string of the molecule is CC(C)[C@H](N)C(=O)[N+]1(C(=O)OCc2ccccc2)CCC[C@H]1C(=O)N(CC(N)CCC=CS(=O)(=O)OCc1ccccc1)S(=O)(=O)Cc1ccccc1. The highest BCUT2D eigenvalue weighted by molar-refractivity contribution is 7.89. The van der Waals surface area contributed by atoms with E-state index < -0.39 is 78.9 Å². The largest absolute Gasteiger partial charge is 0.524 e. The van der Waals surface area contributed by atoms with Gasteiger partial charge in [0, 0.05) is 18.9 Å². The number of hydrogen-bond donors (Lipinski definition) is 2. The third-order valence-corrected chi connectivity index (χ3v) is 11.8. The summed E-state index contributed by atoms with van der Waals surface area (Å²) in [4.78, 5) is 42.9. The molecule has 0 aliphatic carbocycles. The van der Waals surface area contributed by atoms with E-state index in [-0.39, 0.29) is 45.4 Å². The summed E-state index contributed by atoms with van der Waals surface area (Å²) in [5.41, 5.74) is 14.5. The number of allylic oxidation sites excluding steroid dienone is 1. The number of nitrogens with two attached hydrogens (primary N) is 2. The van der Waals surface area contributed by atoms with Gasteiger partial charge in [-0.25, -0.2) is 17.5 Å². The monoisotopic (exact) mass is 769 g/mol. The Balaban J connectivity index is 1.59. The van der Waals surface area contributed by atoms with E-state index in [1.807, 2.05) is 0 Å². The summed E-state index contributed by atoms with van der Waals surface area (Å²) >= 11 is 0. The summed E-state index contributed by atoms with van der Waals surface area (Å²) in [6.45, 7) is 2.52. The number of sulfonamides is 1. The Labute approximate surface area is 312 Å². The number of nitrogens with zero attached hydrogens (tertiary/aromatic N) is 2. The van der Waals surface area contributed by atoms with Crippen LogP contribution in [0.4, 0.5) is 4.79 Å². The first-order valence-corrected chi connectivity index (χ1v) is 20.6. The summed E-state index contributed by atoms with van der Waals surface area (Å²) in [5.74, 6) is -2.65. The highest BCUT2D eigenvalue weighted by Crippen LogP contribution is 2.34. The first-order valence-electron chi connectivity index (χ1n) is 17.5. The fraction of sp³-hybridized carbons (Fsp3) is 0.395. The first kappa shape index (κ1) is 41.5. The zero-order chi connectivity index (χ0) is 38.6. The summed E-state index contributed by atoms with van der Waals surface area (Å²) in [7, 11) is -8.44. The molecule has 0 aromatic heterocycles. The molecule has 0 bridgehead atoms. The van der Waals surface area contributed by atoms with E-state index in [2.05, 4.69) is 0 Å². The smallest absolute Gasteiger partial charge is 0.415 e. The zero-order valence-corrected chi connectivity index (χ0v) is 31.7. The van der Waals surface area contributed by atoms with Crippen molar-refractivity contribution < 1.29 is 44.6 Å². The van der Waals surface area contributed by atoms with E-state index in [1.165, 1.54) is 6.08 Å². The van der Waals surface area contributed by atoms with Gasteiger partial charge in [-0.05, 0) is 35.4 Å². The maximum absolute atomic E-state index is 14.6. The van der Waals surface area contributed by atoms with Crippen molar-refractivity contribution in [3.8, 4) is 0 Å². The van der Waals surface area contributed by atoms with Crippen LogP contribution in [0, 0.1) is 5.92 Å². The van der Waals surface area contributed by atoms with Crippen molar-refractivity contribution in [2.45, 2.75) is 76.6 Å². The third kappa shape index (κ3) is 11.1. The van der Waals surface area contributed by atoms with Crippen molar-refractivity contribution >= 4 is 38.0 Å². The zero-order valence-electron chi connectivity index (χ0n) is 30.0. The minimum Gasteiger partial charge on any atom is -0.415 e. The predicted octanol–water partition coefficient (Wildman–Crippen LogP) is 4.34. The third-order valence-electron chi connectivity index (χ3n) is 9.11. The van der Waals surface area contributed by atoms with E-state index in [9.17, 15) is 31.2 Å². The molecule has 53 heavy (non-hydrogen) atoms. The Morgan fingerprint density at radius 1 is 0.849 bits per heavy atom. The average Bonchev–Trinajstić information content (AvgIpc) is 3.60. The van der Waals surface area contributed by atoms with E-state index in [4.69, 9.17) is 20.4 Å². The lowest BCUT2D eigenvalue weighted by molar-refractivity contribution is -0.786. The average molecular weight is 770 g/mol. The molecule has 3 aromatic rings. The highest BCUT2D eigenvalue weighted by atomic mass is 32.2. The van der Waals surface area contributed by atoms with Gasteiger partial charge in [0.1, 0.15) is 12.6 Å². The number of ether oxygens (including phenoxy) is 1. The number of likely N-dealkylation sites (tertiary alicyclic amines) is 1. The molecule has 0 saturated carbocycles. The van der Waals surface area contributed by atoms with Crippen LogP contribution < -0.4 is 11.5 Å². The molecule has 1 aliphatic rings. The second-order valence-electron chi connectivity index (χ2n) is 13.5. The molecular formula is C38H49N4O9S2+. The number of rotatable bonds is 17. The van der Waals surface area contributed by atoms with Crippen LogP contribution in [-0.2, 0) is 57.6 Å². The van der Waals surface area contributed by atoms with E-state index in [1.54, 1.807) is 105 Å². The fourth-order valence-electron chi connectivity index (χ4n) is 6.11. The summed E-state index contributed by atoms with van der Waals surface area (Å²) < 4.78 is 63.3. The number of amides is 3. The van der Waals surface area contributed by atoms with Crippen molar-refractivity contribution in [2.75, 3.05) is 13.1 Å². The molecule has 4 atom stereocenters. The van der Waals surface area contributed by atoms with Gasteiger partial charge in [-0.3, -0.25) is 8.98 Å². The Kier molecular flexibility index (Phi) is 14.6. The molecule has 1 aliphatic heterocycles. The molecule has 4 rings (SSSR count). The second-order valence-corrected chi connectivity index (χ2v) is 16.8. The molecule has 13 nitrogen and oxygen atoms in total. The van der Waals surface area contributed by atoms with Gasteiger partial charge >= 0.3 is 12.0 Å². The molecule has 3 aromatic carbocycles. The predicted molar refractivity (Wildman–Crippen MR) is 200 cm³/mol. The maximum Gasteiger partial charge on any atom is 0.524 e. The lowest BCUT2D eigenvalue weighted by Crippen LogP contribution is -2.69. The number of carbonyl (C=O) groups is 3. The normalized spacial score (nSPS) is 18.8. The molecule has 15 heteroatoms. The maximum atomic E-state index is 14.6. The van der Waals surface area contributed by atoms with Crippen LogP contribution in [0.15, 0.2) is 102 Å². The Morgan fingerprint density at radius 2 is 1.40 bits per heavy atom. The summed E-state index contributed by atoms with van der Waals surface area (Å²) in [6.07, 6.45) is 0.835. The van der Waals surface area contributed by atoms with Gasteiger partial charge in [-0.2, -0.15) is 13.2 Å². The fourth-order valence-corrected chi connectivity index (χ4v) is 8.45. The quantitative estimate of drug-likeness (QED) is 0.147. The number of imide groups is 1. The van der Waals surface area contributed by atoms with Crippen molar-refractivity contribution in [3.05, 3.63) is 119 Å². The molecule has 1 fully saturated rings. The van der Waals surface area contributed by atoms with Crippen molar-refractivity contribution in [3.63, 3.8) is 0 Å². The number of quaternary nitrogens is 1. The Hall–Kier alpha value is -4.25. The van der Waals surface area contributed by atoms with Crippen LogP contribution in [0.2, 0.25) is 0 Å². The van der Waals surface area contributed by atoms with Crippen LogP contribution in [0.1, 0.15) is 56.2 Å². The molecular weight excluding hydrogens is 721 g/mol. The van der Waals surface area contributed by atoms with Crippen molar-refractivity contribution in [1.29, 1.82) is 0 Å². The van der Waals surface area contributed by atoms with Crippen molar-refractivity contribution in [2.24, 2.45) is 17.4 Å². The number of hydrogen-bond acceptors (Lipinski definition) is 11. The lowest BCUT2D eigenvalue weighted by Gasteiger charge is -2.37. The number of benzene rings is 3. The molecule has 286 valence electrons. The van der Waals surface area contributed by atoms with Gasteiger partial charge in [-0.1, -0.05) is 111 Å². The van der Waals surface area contributed by atoms with Gasteiger partial charge in [0.15, 0.2) is 6.04 Å². The van der Waals surface area contributed by atoms with Crippen LogP contribution in [0.25, 0.3) is 0 Å². The molecule has 1 saturated heterocycles. The van der Waals surface area contributed by atoms with E-state index in [0.717, 1.165) is 5.41 Å². The minimum absolute atomic E-state index is 0.0198. The molecule has 0 spiro atoms. The lowest BCUT2D eigenvalue weighted by atomic mass is 10.0. The Morgan fingerprint density at radius 3 is 1.96 bits per heavy atom. The molecule has 2 unspecified atom stereocenters. The summed E-state index contributed by atoms with van der Waals surface area (Å²) in [5, 5.41) is 0.909. The number of carbonyl (C=O) groups excluding carboxylic acids is 3. The first-order chi connectivity index (χ1) is 25.2. The topological polar surface area (TPSA) is 193 Å². The van der Waals surface area contributed by atoms with Crippen LogP contribution in [-0.4, -0.2) is 74.7 Å². The van der Waals surface area contributed by atoms with Crippen LogP contribution in [0.5, 0.6) is 0 Å². The van der Waals surface area contributed by atoms with Crippen LogP contribution in [0.3, 0.4) is 0 Å². The van der Waals surface area contributed by atoms with Gasteiger partial charge < -0.3 is 16.2 Å². The van der Waals surface area contributed by atoms with Crippen LogP contribution >= 0.6 is 0 Å². The van der Waals surface area contributed by atoms with E-state index >= 15 is 0 Å². The molecule has 1 heterocycles. The van der Waals surface area contributed by atoms with Gasteiger partial charge in [0.05, 0.1) is 30.9 Å². The molecule has 4 N–H and O–H groups in total. The van der Waals surface area contributed by atoms with E-state index in [0.29, 0.717) is 21.0 Å². The Bertz CT molecular complexity index is 1930. The van der Waals surface area contributed by atoms with Gasteiger partial charge in [-0.15, -0.1) is 4.48 Å². The molecule has 0 radical (unpaired) electrons. The summed E-state index contributed by atoms with van der Waals surface area (Å²) in [6, 6.07) is 22.3.